The second-order valence-electron chi connectivity index (χ2n) is 5.70. The highest BCUT2D eigenvalue weighted by molar-refractivity contribution is 5.96. The standard InChI is InChI=1S/C19H20N4O5/c1-2-11-28-17-9-5-15(6-10-17)19(25)20-13-18(24)22-21-12-14-3-7-16(8-4-14)23(26)27/h3-10,12H,2,11,13H2,1H3,(H,20,25)(H,22,24). The van der Waals surface area contributed by atoms with Crippen molar-refractivity contribution in [1.29, 1.82) is 0 Å². The highest BCUT2D eigenvalue weighted by atomic mass is 16.6. The minimum Gasteiger partial charge on any atom is -0.494 e. The molecule has 2 amide bonds. The van der Waals surface area contributed by atoms with Crippen LogP contribution in [0, 0.1) is 10.1 Å². The van der Waals surface area contributed by atoms with E-state index in [4.69, 9.17) is 4.74 Å². The predicted molar refractivity (Wildman–Crippen MR) is 103 cm³/mol. The summed E-state index contributed by atoms with van der Waals surface area (Å²) in [6, 6.07) is 12.3. The van der Waals surface area contributed by atoms with Crippen molar-refractivity contribution < 1.29 is 19.2 Å². The van der Waals surface area contributed by atoms with Crippen LogP contribution in [-0.2, 0) is 4.79 Å². The van der Waals surface area contributed by atoms with Crippen LogP contribution in [0.5, 0.6) is 5.75 Å². The second kappa shape index (κ2) is 10.4. The van der Waals surface area contributed by atoms with E-state index in [1.54, 1.807) is 24.3 Å². The monoisotopic (exact) mass is 384 g/mol. The second-order valence-corrected chi connectivity index (χ2v) is 5.70. The Morgan fingerprint density at radius 2 is 1.82 bits per heavy atom. The number of amides is 2. The molecule has 2 rings (SSSR count). The van der Waals surface area contributed by atoms with Gasteiger partial charge in [-0.15, -0.1) is 0 Å². The van der Waals surface area contributed by atoms with Gasteiger partial charge in [0.15, 0.2) is 0 Å². The molecule has 0 atom stereocenters. The normalized spacial score (nSPS) is 10.5. The number of nitrogens with one attached hydrogen (secondary N) is 2. The van der Waals surface area contributed by atoms with Crippen LogP contribution in [0.3, 0.4) is 0 Å². The lowest BCUT2D eigenvalue weighted by atomic mass is 10.2. The van der Waals surface area contributed by atoms with Crippen LogP contribution < -0.4 is 15.5 Å². The summed E-state index contributed by atoms with van der Waals surface area (Å²) in [7, 11) is 0. The summed E-state index contributed by atoms with van der Waals surface area (Å²) in [6.07, 6.45) is 2.24. The number of hydrogen-bond acceptors (Lipinski definition) is 6. The molecule has 9 nitrogen and oxygen atoms in total. The molecule has 0 aliphatic heterocycles. The van der Waals surface area contributed by atoms with Crippen LogP contribution in [0.15, 0.2) is 53.6 Å². The minimum absolute atomic E-state index is 0.0335. The van der Waals surface area contributed by atoms with E-state index in [1.807, 2.05) is 6.92 Å². The molecule has 28 heavy (non-hydrogen) atoms. The quantitative estimate of drug-likeness (QED) is 0.390. The van der Waals surface area contributed by atoms with E-state index in [9.17, 15) is 19.7 Å². The summed E-state index contributed by atoms with van der Waals surface area (Å²) in [6.45, 7) is 2.36. The molecule has 0 fully saturated rings. The third kappa shape index (κ3) is 6.52. The average molecular weight is 384 g/mol. The molecule has 2 N–H and O–H groups in total. The van der Waals surface area contributed by atoms with Gasteiger partial charge in [0.2, 0.25) is 0 Å². The smallest absolute Gasteiger partial charge is 0.269 e. The molecule has 0 aromatic heterocycles. The van der Waals surface area contributed by atoms with E-state index >= 15 is 0 Å². The van der Waals surface area contributed by atoms with Gasteiger partial charge in [0.05, 0.1) is 24.3 Å². The third-order valence-electron chi connectivity index (χ3n) is 3.51. The molecule has 0 aliphatic carbocycles. The van der Waals surface area contributed by atoms with Crippen LogP contribution in [0.1, 0.15) is 29.3 Å². The molecule has 2 aromatic carbocycles. The van der Waals surface area contributed by atoms with Crippen molar-refractivity contribution in [1.82, 2.24) is 10.7 Å². The summed E-state index contributed by atoms with van der Waals surface area (Å²) in [5.41, 5.74) is 3.23. The maximum absolute atomic E-state index is 12.0. The fourth-order valence-corrected chi connectivity index (χ4v) is 2.09. The predicted octanol–water partition coefficient (Wildman–Crippen LogP) is 2.26. The summed E-state index contributed by atoms with van der Waals surface area (Å²) in [5.74, 6) is -0.220. The number of nitro groups is 1. The van der Waals surface area contributed by atoms with Gasteiger partial charge in [0.1, 0.15) is 5.75 Å². The van der Waals surface area contributed by atoms with Crippen molar-refractivity contribution in [3.8, 4) is 5.75 Å². The lowest BCUT2D eigenvalue weighted by Crippen LogP contribution is -2.34. The van der Waals surface area contributed by atoms with Crippen molar-refractivity contribution in [2.45, 2.75) is 13.3 Å². The van der Waals surface area contributed by atoms with Gasteiger partial charge < -0.3 is 10.1 Å². The number of benzene rings is 2. The first-order valence-corrected chi connectivity index (χ1v) is 8.57. The zero-order valence-electron chi connectivity index (χ0n) is 15.3. The highest BCUT2D eigenvalue weighted by Crippen LogP contribution is 2.12. The van der Waals surface area contributed by atoms with E-state index in [2.05, 4.69) is 15.8 Å². The van der Waals surface area contributed by atoms with E-state index < -0.39 is 16.7 Å². The first-order chi connectivity index (χ1) is 13.5. The minimum atomic E-state index is -0.505. The van der Waals surface area contributed by atoms with Crippen molar-refractivity contribution in [2.24, 2.45) is 5.10 Å². The molecular weight excluding hydrogens is 364 g/mol. The Morgan fingerprint density at radius 3 is 2.43 bits per heavy atom. The molecule has 0 aliphatic rings. The number of hydrazone groups is 1. The average Bonchev–Trinajstić information content (AvgIpc) is 2.71. The topological polar surface area (TPSA) is 123 Å². The van der Waals surface area contributed by atoms with Crippen LogP contribution >= 0.6 is 0 Å². The fourth-order valence-electron chi connectivity index (χ4n) is 2.09. The number of non-ortho nitro benzene ring substituents is 1. The highest BCUT2D eigenvalue weighted by Gasteiger charge is 2.08. The zero-order valence-corrected chi connectivity index (χ0v) is 15.3. The van der Waals surface area contributed by atoms with Gasteiger partial charge in [-0.05, 0) is 48.4 Å². The number of carbonyl (C=O) groups excluding carboxylic acids is 2. The Hall–Kier alpha value is -3.75. The molecule has 2 aromatic rings. The Kier molecular flexibility index (Phi) is 7.64. The summed E-state index contributed by atoms with van der Waals surface area (Å²) < 4.78 is 5.44. The van der Waals surface area contributed by atoms with Crippen molar-refractivity contribution in [3.05, 3.63) is 69.8 Å². The van der Waals surface area contributed by atoms with Crippen LogP contribution in [0.2, 0.25) is 0 Å². The molecule has 0 saturated carbocycles. The summed E-state index contributed by atoms with van der Waals surface area (Å²) in [4.78, 5) is 33.8. The summed E-state index contributed by atoms with van der Waals surface area (Å²) in [5, 5.41) is 16.8. The SMILES string of the molecule is CCCOc1ccc(C(=O)NCC(=O)NN=Cc2ccc([N+](=O)[O-])cc2)cc1. The van der Waals surface area contributed by atoms with Gasteiger partial charge in [0.25, 0.3) is 17.5 Å². The van der Waals surface area contributed by atoms with Gasteiger partial charge >= 0.3 is 0 Å². The third-order valence-corrected chi connectivity index (χ3v) is 3.51. The molecule has 0 radical (unpaired) electrons. The lowest BCUT2D eigenvalue weighted by molar-refractivity contribution is -0.384. The first kappa shape index (κ1) is 20.6. The molecule has 0 bridgehead atoms. The molecule has 0 saturated heterocycles. The van der Waals surface area contributed by atoms with E-state index in [0.29, 0.717) is 23.5 Å². The molecule has 0 spiro atoms. The van der Waals surface area contributed by atoms with E-state index in [0.717, 1.165) is 6.42 Å². The van der Waals surface area contributed by atoms with E-state index in [-0.39, 0.29) is 12.2 Å². The maximum atomic E-state index is 12.0. The zero-order chi connectivity index (χ0) is 20.4. The van der Waals surface area contributed by atoms with Gasteiger partial charge in [0, 0.05) is 17.7 Å². The first-order valence-electron chi connectivity index (χ1n) is 8.57. The number of nitro benzene ring substituents is 1. The Balaban J connectivity index is 1.76. The lowest BCUT2D eigenvalue weighted by Gasteiger charge is -2.06. The van der Waals surface area contributed by atoms with Gasteiger partial charge in [-0.2, -0.15) is 5.10 Å². The molecule has 9 heteroatoms. The Morgan fingerprint density at radius 1 is 1.14 bits per heavy atom. The summed E-state index contributed by atoms with van der Waals surface area (Å²) >= 11 is 0. The van der Waals surface area contributed by atoms with Crippen LogP contribution in [0.4, 0.5) is 5.69 Å². The van der Waals surface area contributed by atoms with Gasteiger partial charge in [-0.3, -0.25) is 19.7 Å². The largest absolute Gasteiger partial charge is 0.494 e. The number of hydrogen-bond donors (Lipinski definition) is 2. The number of rotatable bonds is 9. The van der Waals surface area contributed by atoms with Crippen molar-refractivity contribution in [3.63, 3.8) is 0 Å². The Labute approximate surface area is 161 Å². The number of ether oxygens (including phenoxy) is 1. The molecule has 0 heterocycles. The van der Waals surface area contributed by atoms with Gasteiger partial charge in [-0.25, -0.2) is 5.43 Å². The maximum Gasteiger partial charge on any atom is 0.269 e. The Bertz CT molecular complexity index is 848. The van der Waals surface area contributed by atoms with E-state index in [1.165, 1.54) is 30.5 Å². The molecular formula is C19H20N4O5. The van der Waals surface area contributed by atoms with Crippen molar-refractivity contribution >= 4 is 23.7 Å². The number of nitrogens with zero attached hydrogens (tertiary/aromatic N) is 2. The van der Waals surface area contributed by atoms with Crippen molar-refractivity contribution in [2.75, 3.05) is 13.2 Å². The number of carbonyl (C=O) groups is 2. The van der Waals surface area contributed by atoms with Crippen LogP contribution in [0.25, 0.3) is 0 Å². The van der Waals surface area contributed by atoms with Gasteiger partial charge in [-0.1, -0.05) is 6.92 Å². The fraction of sp³-hybridized carbons (Fsp3) is 0.211. The van der Waals surface area contributed by atoms with Crippen LogP contribution in [-0.4, -0.2) is 36.1 Å². The molecule has 0 unspecified atom stereocenters. The molecule has 146 valence electrons.